The summed E-state index contributed by atoms with van der Waals surface area (Å²) in [4.78, 5) is 26.8. The highest BCUT2D eigenvalue weighted by Crippen LogP contribution is 2.29. The quantitative estimate of drug-likeness (QED) is 0.854. The number of nitrogens with zero attached hydrogens (tertiary/aromatic N) is 1. The van der Waals surface area contributed by atoms with Crippen molar-refractivity contribution in [2.24, 2.45) is 0 Å². The van der Waals surface area contributed by atoms with E-state index in [0.29, 0.717) is 12.1 Å². The second-order valence-electron chi connectivity index (χ2n) is 7.86. The van der Waals surface area contributed by atoms with Crippen LogP contribution in [0.5, 0.6) is 0 Å². The first-order chi connectivity index (χ1) is 13.1. The van der Waals surface area contributed by atoms with Gasteiger partial charge >= 0.3 is 0 Å². The molecule has 0 aliphatic carbocycles. The minimum absolute atomic E-state index is 0.00688. The molecule has 5 nitrogen and oxygen atoms in total. The standard InChI is InChI=1S/C22H27N3O2/c1-25(19-12-17-9-10-18(13-19)24-17)22(27)14-23-21(26)11-16-7-4-6-15-5-2-3-8-20(15)16/h2-8,17-19,24H,9-14H2,1H3,(H,23,26). The molecule has 4 rings (SSSR count). The Kier molecular flexibility index (Phi) is 5.12. The van der Waals surface area contributed by atoms with Crippen molar-refractivity contribution in [3.8, 4) is 0 Å². The van der Waals surface area contributed by atoms with Crippen LogP contribution in [-0.2, 0) is 16.0 Å². The van der Waals surface area contributed by atoms with Gasteiger partial charge in [-0.25, -0.2) is 0 Å². The lowest BCUT2D eigenvalue weighted by Gasteiger charge is -2.35. The molecule has 0 radical (unpaired) electrons. The fraction of sp³-hybridized carbons (Fsp3) is 0.455. The summed E-state index contributed by atoms with van der Waals surface area (Å²) >= 11 is 0. The van der Waals surface area contributed by atoms with E-state index in [4.69, 9.17) is 0 Å². The number of benzene rings is 2. The molecule has 27 heavy (non-hydrogen) atoms. The molecule has 2 fully saturated rings. The predicted octanol–water partition coefficient (Wildman–Crippen LogP) is 2.24. The zero-order valence-corrected chi connectivity index (χ0v) is 15.8. The molecule has 2 atom stereocenters. The molecule has 2 aliphatic rings. The Morgan fingerprint density at radius 1 is 1.07 bits per heavy atom. The second kappa shape index (κ2) is 7.69. The zero-order chi connectivity index (χ0) is 18.8. The maximum Gasteiger partial charge on any atom is 0.241 e. The molecule has 142 valence electrons. The zero-order valence-electron chi connectivity index (χ0n) is 15.8. The van der Waals surface area contributed by atoms with Gasteiger partial charge in [0.1, 0.15) is 0 Å². The molecule has 0 spiro atoms. The third kappa shape index (κ3) is 3.98. The summed E-state index contributed by atoms with van der Waals surface area (Å²) in [6.45, 7) is 0.0688. The van der Waals surface area contributed by atoms with Gasteiger partial charge < -0.3 is 15.5 Å². The van der Waals surface area contributed by atoms with E-state index in [1.165, 1.54) is 12.8 Å². The van der Waals surface area contributed by atoms with E-state index in [2.05, 4.69) is 10.6 Å². The fourth-order valence-electron chi connectivity index (χ4n) is 4.53. The molecule has 5 heteroatoms. The van der Waals surface area contributed by atoms with E-state index < -0.39 is 0 Å². The number of likely N-dealkylation sites (N-methyl/N-ethyl adjacent to an activating group) is 1. The Morgan fingerprint density at radius 3 is 2.56 bits per heavy atom. The van der Waals surface area contributed by atoms with Crippen LogP contribution in [0.3, 0.4) is 0 Å². The number of carbonyl (C=O) groups excluding carboxylic acids is 2. The van der Waals surface area contributed by atoms with Gasteiger partial charge in [-0.15, -0.1) is 0 Å². The molecule has 0 aromatic heterocycles. The molecule has 2 N–H and O–H groups in total. The first-order valence-electron chi connectivity index (χ1n) is 9.85. The Morgan fingerprint density at radius 2 is 1.78 bits per heavy atom. The van der Waals surface area contributed by atoms with Gasteiger partial charge in [-0.1, -0.05) is 42.5 Å². The summed E-state index contributed by atoms with van der Waals surface area (Å²) in [7, 11) is 1.87. The number of nitrogens with one attached hydrogen (secondary N) is 2. The van der Waals surface area contributed by atoms with Gasteiger partial charge in [-0.05, 0) is 42.0 Å². The average molecular weight is 365 g/mol. The van der Waals surface area contributed by atoms with Crippen LogP contribution in [0.25, 0.3) is 10.8 Å². The van der Waals surface area contributed by atoms with Gasteiger partial charge in [0.15, 0.2) is 0 Å². The third-order valence-electron chi connectivity index (χ3n) is 6.06. The van der Waals surface area contributed by atoms with E-state index in [9.17, 15) is 9.59 Å². The molecule has 2 aliphatic heterocycles. The van der Waals surface area contributed by atoms with Crippen molar-refractivity contribution in [1.82, 2.24) is 15.5 Å². The molecule has 2 aromatic carbocycles. The van der Waals surface area contributed by atoms with E-state index in [0.717, 1.165) is 29.2 Å². The summed E-state index contributed by atoms with van der Waals surface area (Å²) < 4.78 is 0. The summed E-state index contributed by atoms with van der Waals surface area (Å²) in [6.07, 6.45) is 4.75. The lowest BCUT2D eigenvalue weighted by molar-refractivity contribution is -0.134. The van der Waals surface area contributed by atoms with Gasteiger partial charge in [0, 0.05) is 25.2 Å². The molecule has 2 unspecified atom stereocenters. The van der Waals surface area contributed by atoms with Crippen LogP contribution in [0, 0.1) is 0 Å². The Hall–Kier alpha value is -2.40. The van der Waals surface area contributed by atoms with E-state index in [-0.39, 0.29) is 30.8 Å². The highest BCUT2D eigenvalue weighted by molar-refractivity contribution is 5.91. The summed E-state index contributed by atoms with van der Waals surface area (Å²) in [6, 6.07) is 15.4. The lowest BCUT2D eigenvalue weighted by atomic mass is 9.98. The van der Waals surface area contributed by atoms with Gasteiger partial charge in [0.2, 0.25) is 11.8 Å². The van der Waals surface area contributed by atoms with Crippen LogP contribution in [0.1, 0.15) is 31.2 Å². The van der Waals surface area contributed by atoms with Crippen molar-refractivity contribution in [3.63, 3.8) is 0 Å². The van der Waals surface area contributed by atoms with Crippen LogP contribution in [0.15, 0.2) is 42.5 Å². The van der Waals surface area contributed by atoms with Crippen LogP contribution >= 0.6 is 0 Å². The van der Waals surface area contributed by atoms with Crippen molar-refractivity contribution in [2.45, 2.75) is 50.2 Å². The van der Waals surface area contributed by atoms with Crippen molar-refractivity contribution in [3.05, 3.63) is 48.0 Å². The number of carbonyl (C=O) groups is 2. The normalized spacial score (nSPS) is 24.0. The number of fused-ring (bicyclic) bond motifs is 3. The van der Waals surface area contributed by atoms with Crippen LogP contribution in [0.4, 0.5) is 0 Å². The Bertz CT molecular complexity index is 833. The molecule has 2 amide bonds. The molecule has 2 saturated heterocycles. The number of piperidine rings is 1. The number of hydrogen-bond donors (Lipinski definition) is 2. The largest absolute Gasteiger partial charge is 0.347 e. The smallest absolute Gasteiger partial charge is 0.241 e. The predicted molar refractivity (Wildman–Crippen MR) is 106 cm³/mol. The maximum absolute atomic E-state index is 12.5. The van der Waals surface area contributed by atoms with Gasteiger partial charge in [0.05, 0.1) is 13.0 Å². The van der Waals surface area contributed by atoms with Crippen LogP contribution in [0.2, 0.25) is 0 Å². The van der Waals surface area contributed by atoms with Gasteiger partial charge in [-0.2, -0.15) is 0 Å². The Labute approximate surface area is 160 Å². The lowest BCUT2D eigenvalue weighted by Crippen LogP contribution is -2.50. The van der Waals surface area contributed by atoms with Crippen molar-refractivity contribution in [2.75, 3.05) is 13.6 Å². The fourth-order valence-corrected chi connectivity index (χ4v) is 4.53. The second-order valence-corrected chi connectivity index (χ2v) is 7.86. The minimum atomic E-state index is -0.113. The molecule has 2 bridgehead atoms. The topological polar surface area (TPSA) is 61.4 Å². The molecule has 2 heterocycles. The van der Waals surface area contributed by atoms with Crippen molar-refractivity contribution in [1.29, 1.82) is 0 Å². The molecular weight excluding hydrogens is 338 g/mol. The van der Waals surface area contributed by atoms with Crippen LogP contribution < -0.4 is 10.6 Å². The molecular formula is C22H27N3O2. The van der Waals surface area contributed by atoms with Crippen molar-refractivity contribution >= 4 is 22.6 Å². The summed E-state index contributed by atoms with van der Waals surface area (Å²) in [5.41, 5.74) is 0.987. The first-order valence-corrected chi connectivity index (χ1v) is 9.85. The molecule has 0 saturated carbocycles. The van der Waals surface area contributed by atoms with E-state index in [1.54, 1.807) is 0 Å². The minimum Gasteiger partial charge on any atom is -0.347 e. The van der Waals surface area contributed by atoms with E-state index in [1.807, 2.05) is 54.4 Å². The highest BCUT2D eigenvalue weighted by Gasteiger charge is 2.36. The van der Waals surface area contributed by atoms with Gasteiger partial charge in [0.25, 0.3) is 0 Å². The highest BCUT2D eigenvalue weighted by atomic mass is 16.2. The van der Waals surface area contributed by atoms with Crippen molar-refractivity contribution < 1.29 is 9.59 Å². The first kappa shape index (κ1) is 18.0. The molecule has 2 aromatic rings. The monoisotopic (exact) mass is 365 g/mol. The third-order valence-corrected chi connectivity index (χ3v) is 6.06. The summed E-state index contributed by atoms with van der Waals surface area (Å²) in [5.74, 6) is -0.119. The number of rotatable bonds is 5. The average Bonchev–Trinajstić information content (AvgIpc) is 3.03. The van der Waals surface area contributed by atoms with Crippen LogP contribution in [-0.4, -0.2) is 48.4 Å². The maximum atomic E-state index is 12.5. The Balaban J connectivity index is 1.31. The summed E-state index contributed by atoms with van der Waals surface area (Å²) in [5, 5.41) is 8.62. The van der Waals surface area contributed by atoms with E-state index >= 15 is 0 Å². The number of amides is 2. The number of hydrogen-bond acceptors (Lipinski definition) is 3. The SMILES string of the molecule is CN(C(=O)CNC(=O)Cc1cccc2ccccc12)C1CC2CCC(C1)N2. The van der Waals surface area contributed by atoms with Gasteiger partial charge in [-0.3, -0.25) is 9.59 Å².